The third kappa shape index (κ3) is 1.83. The van der Waals surface area contributed by atoms with E-state index in [-0.39, 0.29) is 0 Å². The Balaban J connectivity index is 2.14. The van der Waals surface area contributed by atoms with Gasteiger partial charge in [0, 0.05) is 12.3 Å². The van der Waals surface area contributed by atoms with Crippen molar-refractivity contribution in [2.24, 2.45) is 23.2 Å². The predicted octanol–water partition coefficient (Wildman–Crippen LogP) is 4.21. The van der Waals surface area contributed by atoms with Crippen LogP contribution in [0.25, 0.3) is 0 Å². The van der Waals surface area contributed by atoms with E-state index in [4.69, 9.17) is 0 Å². The molecule has 4 atom stereocenters. The van der Waals surface area contributed by atoms with Crippen LogP contribution in [0.15, 0.2) is 0 Å². The molecule has 0 N–H and O–H groups in total. The summed E-state index contributed by atoms with van der Waals surface area (Å²) in [5.74, 6) is 2.60. The van der Waals surface area contributed by atoms with E-state index in [1.165, 1.54) is 32.1 Å². The minimum absolute atomic E-state index is 0.351. The zero-order valence-electron chi connectivity index (χ0n) is 11.1. The first-order valence-corrected chi connectivity index (χ1v) is 7.12. The van der Waals surface area contributed by atoms with E-state index in [0.29, 0.717) is 17.1 Å². The topological polar surface area (TPSA) is 17.1 Å². The summed E-state index contributed by atoms with van der Waals surface area (Å²) in [6.45, 7) is 7.08. The van der Waals surface area contributed by atoms with Gasteiger partial charge in [0.25, 0.3) is 0 Å². The number of carbonyl (C=O) groups is 1. The zero-order valence-corrected chi connectivity index (χ0v) is 11.1. The Kier molecular flexibility index (Phi) is 3.42. The molecular weight excluding hydrogens is 196 g/mol. The molecule has 1 unspecified atom stereocenters. The Bertz CT molecular complexity index is 271. The first kappa shape index (κ1) is 12.1. The number of hydrogen-bond acceptors (Lipinski definition) is 1. The summed E-state index contributed by atoms with van der Waals surface area (Å²) in [6.07, 6.45) is 8.38. The number of hydrogen-bond donors (Lipinski definition) is 0. The molecule has 0 aromatic rings. The number of ketones is 1. The average Bonchev–Trinajstić information content (AvgIpc) is 2.57. The van der Waals surface area contributed by atoms with E-state index in [2.05, 4.69) is 20.8 Å². The van der Waals surface area contributed by atoms with Crippen molar-refractivity contribution in [3.63, 3.8) is 0 Å². The molecule has 2 aliphatic carbocycles. The Morgan fingerprint density at radius 2 is 2.19 bits per heavy atom. The van der Waals surface area contributed by atoms with Crippen LogP contribution in [0.4, 0.5) is 0 Å². The molecule has 0 saturated heterocycles. The standard InChI is InChI=1S/C15H26O/c1-4-6-11(2)12-8-9-13-14(16)7-5-10-15(12,13)3/h11-13H,4-10H2,1-3H3/t11-,12-,13?,15-/m1/s1. The lowest BCUT2D eigenvalue weighted by atomic mass is 9.62. The van der Waals surface area contributed by atoms with Gasteiger partial charge in [-0.25, -0.2) is 0 Å². The van der Waals surface area contributed by atoms with Crippen molar-refractivity contribution in [1.29, 1.82) is 0 Å². The van der Waals surface area contributed by atoms with E-state index >= 15 is 0 Å². The number of fused-ring (bicyclic) bond motifs is 1. The summed E-state index contributed by atoms with van der Waals surface area (Å²) in [5, 5.41) is 0. The second-order valence-corrected chi connectivity index (χ2v) is 6.33. The highest BCUT2D eigenvalue weighted by atomic mass is 16.1. The van der Waals surface area contributed by atoms with E-state index in [0.717, 1.165) is 24.7 Å². The fourth-order valence-electron chi connectivity index (χ4n) is 4.56. The molecular formula is C15H26O. The Morgan fingerprint density at radius 1 is 1.44 bits per heavy atom. The number of Topliss-reactive ketones (excluding diaryl/α,β-unsaturated/α-hetero) is 1. The molecule has 0 aromatic carbocycles. The van der Waals surface area contributed by atoms with Crippen molar-refractivity contribution in [1.82, 2.24) is 0 Å². The molecule has 2 saturated carbocycles. The first-order chi connectivity index (χ1) is 7.59. The van der Waals surface area contributed by atoms with Gasteiger partial charge in [0.2, 0.25) is 0 Å². The van der Waals surface area contributed by atoms with Crippen molar-refractivity contribution >= 4 is 5.78 Å². The minimum atomic E-state index is 0.351. The third-order valence-corrected chi connectivity index (χ3v) is 5.37. The monoisotopic (exact) mass is 222 g/mol. The van der Waals surface area contributed by atoms with Crippen LogP contribution in [0.2, 0.25) is 0 Å². The van der Waals surface area contributed by atoms with Crippen LogP contribution in [0.1, 0.15) is 65.7 Å². The largest absolute Gasteiger partial charge is 0.299 e. The molecule has 2 aliphatic rings. The maximum absolute atomic E-state index is 12.0. The third-order valence-electron chi connectivity index (χ3n) is 5.37. The van der Waals surface area contributed by atoms with Crippen molar-refractivity contribution in [3.8, 4) is 0 Å². The SMILES string of the molecule is CCC[C@@H](C)[C@H]1CCC2C(=O)CCC[C@@]21C. The highest BCUT2D eigenvalue weighted by molar-refractivity contribution is 5.83. The summed E-state index contributed by atoms with van der Waals surface area (Å²) in [7, 11) is 0. The van der Waals surface area contributed by atoms with Crippen LogP contribution in [0, 0.1) is 23.2 Å². The maximum Gasteiger partial charge on any atom is 0.136 e. The lowest BCUT2D eigenvalue weighted by molar-refractivity contribution is -0.130. The van der Waals surface area contributed by atoms with Gasteiger partial charge < -0.3 is 0 Å². The molecule has 1 heteroatoms. The van der Waals surface area contributed by atoms with E-state index in [1.54, 1.807) is 0 Å². The molecule has 1 nitrogen and oxygen atoms in total. The highest BCUT2D eigenvalue weighted by Gasteiger charge is 2.51. The smallest absolute Gasteiger partial charge is 0.136 e. The summed E-state index contributed by atoms with van der Waals surface area (Å²) in [4.78, 5) is 12.0. The van der Waals surface area contributed by atoms with Crippen LogP contribution >= 0.6 is 0 Å². The van der Waals surface area contributed by atoms with Crippen molar-refractivity contribution in [3.05, 3.63) is 0 Å². The van der Waals surface area contributed by atoms with Gasteiger partial charge in [0.15, 0.2) is 0 Å². The highest BCUT2D eigenvalue weighted by Crippen LogP contribution is 2.56. The van der Waals surface area contributed by atoms with Gasteiger partial charge in [0.05, 0.1) is 0 Å². The minimum Gasteiger partial charge on any atom is -0.299 e. The van der Waals surface area contributed by atoms with E-state index in [1.807, 2.05) is 0 Å². The van der Waals surface area contributed by atoms with Crippen LogP contribution in [-0.2, 0) is 4.79 Å². The maximum atomic E-state index is 12.0. The second-order valence-electron chi connectivity index (χ2n) is 6.33. The number of carbonyl (C=O) groups excluding carboxylic acids is 1. The van der Waals surface area contributed by atoms with E-state index < -0.39 is 0 Å². The Morgan fingerprint density at radius 3 is 2.88 bits per heavy atom. The van der Waals surface area contributed by atoms with Gasteiger partial charge in [-0.2, -0.15) is 0 Å². The number of rotatable bonds is 3. The quantitative estimate of drug-likeness (QED) is 0.699. The van der Waals surface area contributed by atoms with Gasteiger partial charge in [0.1, 0.15) is 5.78 Å². The molecule has 0 spiro atoms. The molecule has 92 valence electrons. The molecule has 2 rings (SSSR count). The van der Waals surface area contributed by atoms with Gasteiger partial charge in [-0.05, 0) is 42.9 Å². The molecule has 0 radical (unpaired) electrons. The Labute approximate surface area is 100.0 Å². The zero-order chi connectivity index (χ0) is 11.8. The molecule has 0 aliphatic heterocycles. The summed E-state index contributed by atoms with van der Waals surface area (Å²) in [6, 6.07) is 0. The van der Waals surface area contributed by atoms with Gasteiger partial charge in [-0.15, -0.1) is 0 Å². The van der Waals surface area contributed by atoms with Crippen LogP contribution in [0.5, 0.6) is 0 Å². The van der Waals surface area contributed by atoms with Crippen molar-refractivity contribution < 1.29 is 4.79 Å². The van der Waals surface area contributed by atoms with Gasteiger partial charge in [-0.3, -0.25) is 4.79 Å². The molecule has 0 heterocycles. The van der Waals surface area contributed by atoms with Crippen molar-refractivity contribution in [2.45, 2.75) is 65.7 Å². The predicted molar refractivity (Wildman–Crippen MR) is 67.3 cm³/mol. The van der Waals surface area contributed by atoms with Crippen LogP contribution in [-0.4, -0.2) is 5.78 Å². The first-order valence-electron chi connectivity index (χ1n) is 7.12. The molecule has 2 fully saturated rings. The second kappa shape index (κ2) is 4.50. The average molecular weight is 222 g/mol. The fourth-order valence-corrected chi connectivity index (χ4v) is 4.56. The summed E-state index contributed by atoms with van der Waals surface area (Å²) in [5.41, 5.74) is 0.351. The molecule has 0 amide bonds. The Hall–Kier alpha value is -0.330. The fraction of sp³-hybridized carbons (Fsp3) is 0.933. The van der Waals surface area contributed by atoms with Crippen LogP contribution < -0.4 is 0 Å². The lowest BCUT2D eigenvalue weighted by Gasteiger charge is -2.42. The molecule has 0 aromatic heterocycles. The lowest BCUT2D eigenvalue weighted by Crippen LogP contribution is -2.39. The summed E-state index contributed by atoms with van der Waals surface area (Å²) >= 11 is 0. The van der Waals surface area contributed by atoms with Gasteiger partial charge >= 0.3 is 0 Å². The van der Waals surface area contributed by atoms with Crippen LogP contribution in [0.3, 0.4) is 0 Å². The summed E-state index contributed by atoms with van der Waals surface area (Å²) < 4.78 is 0. The normalized spacial score (nSPS) is 40.8. The van der Waals surface area contributed by atoms with Gasteiger partial charge in [-0.1, -0.05) is 33.6 Å². The molecule has 16 heavy (non-hydrogen) atoms. The molecule has 0 bridgehead atoms. The van der Waals surface area contributed by atoms with Crippen molar-refractivity contribution in [2.75, 3.05) is 0 Å². The van der Waals surface area contributed by atoms with E-state index in [9.17, 15) is 4.79 Å².